The monoisotopic (exact) mass is 440 g/mol. The summed E-state index contributed by atoms with van der Waals surface area (Å²) in [5, 5.41) is 19.7. The van der Waals surface area contributed by atoms with Crippen LogP contribution in [0.1, 0.15) is 43.7 Å². The van der Waals surface area contributed by atoms with Crippen LogP contribution in [-0.2, 0) is 11.2 Å². The number of benzene rings is 1. The van der Waals surface area contributed by atoms with Gasteiger partial charge in [0.05, 0.1) is 30.2 Å². The first-order valence-electron chi connectivity index (χ1n) is 10.3. The van der Waals surface area contributed by atoms with Crippen LogP contribution in [0.4, 0.5) is 8.78 Å². The number of likely N-dealkylation sites (tertiary alicyclic amines) is 1. The van der Waals surface area contributed by atoms with Crippen molar-refractivity contribution in [1.82, 2.24) is 4.90 Å². The van der Waals surface area contributed by atoms with Crippen molar-refractivity contribution < 1.29 is 23.4 Å². The highest BCUT2D eigenvalue weighted by atomic mass is 35.5. The van der Waals surface area contributed by atoms with Crippen LogP contribution in [0.3, 0.4) is 0 Å². The summed E-state index contributed by atoms with van der Waals surface area (Å²) < 4.78 is 31.5. The third kappa shape index (κ3) is 4.26. The Kier molecular flexibility index (Phi) is 7.20. The van der Waals surface area contributed by atoms with Gasteiger partial charge in [0.15, 0.2) is 0 Å². The largest absolute Gasteiger partial charge is 0.495 e. The maximum Gasteiger partial charge on any atom is 0.264 e. The molecule has 1 aliphatic heterocycles. The Hall–Kier alpha value is -1.91. The number of rotatable bonds is 5. The van der Waals surface area contributed by atoms with Gasteiger partial charge in [-0.25, -0.2) is 8.78 Å². The number of carbonyl (C=O) groups excluding carboxylic acids is 1. The number of carbonyl (C=O) groups is 1. The first-order valence-corrected chi connectivity index (χ1v) is 10.7. The standard InChI is InChI=1S/C22H27ClF2N2O3/c1-12-14-4-3-5-16(21(29)22(24)25)15(14)8-9-27(12)19(28)10-17-13(11-26)6-7-18(30-2)20(17)23/h6-7,12,14-16,21-22,29H,3-5,8-10H2,1-2H3/t12-,14+,15+,16+,21+/m0/s1. The highest BCUT2D eigenvalue weighted by Gasteiger charge is 2.46. The van der Waals surface area contributed by atoms with Crippen LogP contribution in [0, 0.1) is 29.1 Å². The highest BCUT2D eigenvalue weighted by Crippen LogP contribution is 2.45. The Morgan fingerprint density at radius 2 is 2.10 bits per heavy atom. The number of aliphatic hydroxyl groups excluding tert-OH is 1. The molecule has 1 saturated heterocycles. The Balaban J connectivity index is 1.78. The second-order valence-corrected chi connectivity index (χ2v) is 8.64. The van der Waals surface area contributed by atoms with E-state index in [-0.39, 0.29) is 35.2 Å². The van der Waals surface area contributed by atoms with Crippen LogP contribution in [0.15, 0.2) is 12.1 Å². The zero-order valence-electron chi connectivity index (χ0n) is 17.2. The van der Waals surface area contributed by atoms with E-state index in [1.165, 1.54) is 7.11 Å². The van der Waals surface area contributed by atoms with Gasteiger partial charge in [-0.2, -0.15) is 5.26 Å². The van der Waals surface area contributed by atoms with Crippen LogP contribution in [0.2, 0.25) is 5.02 Å². The third-order valence-electron chi connectivity index (χ3n) is 6.88. The maximum atomic E-state index is 13.1. The predicted octanol–water partition coefficient (Wildman–Crippen LogP) is 4.04. The molecule has 1 aromatic carbocycles. The van der Waals surface area contributed by atoms with Crippen LogP contribution >= 0.6 is 11.6 Å². The molecule has 1 aliphatic carbocycles. The molecule has 0 aromatic heterocycles. The lowest BCUT2D eigenvalue weighted by Gasteiger charge is -2.50. The fourth-order valence-corrected chi connectivity index (χ4v) is 5.64. The van der Waals surface area contributed by atoms with Crippen molar-refractivity contribution in [1.29, 1.82) is 5.26 Å². The lowest BCUT2D eigenvalue weighted by Crippen LogP contribution is -2.55. The van der Waals surface area contributed by atoms with Gasteiger partial charge in [-0.1, -0.05) is 18.0 Å². The van der Waals surface area contributed by atoms with Gasteiger partial charge in [0.2, 0.25) is 5.91 Å². The van der Waals surface area contributed by atoms with Gasteiger partial charge in [-0.05, 0) is 56.1 Å². The summed E-state index contributed by atoms with van der Waals surface area (Å²) in [5.41, 5.74) is 0.766. The molecular formula is C22H27ClF2N2O3. The molecule has 0 radical (unpaired) electrons. The number of aliphatic hydroxyl groups is 1. The second kappa shape index (κ2) is 9.49. The SMILES string of the molecule is COc1ccc(C#N)c(CC(=O)N2CC[C@H]3[C@H]([C@@H](O)C(F)F)CCC[C@@H]3[C@@H]2C)c1Cl. The zero-order valence-corrected chi connectivity index (χ0v) is 17.9. The first kappa shape index (κ1) is 22.8. The third-order valence-corrected chi connectivity index (χ3v) is 7.30. The molecule has 1 aromatic rings. The Morgan fingerprint density at radius 3 is 2.73 bits per heavy atom. The molecule has 1 N–H and O–H groups in total. The van der Waals surface area contributed by atoms with Gasteiger partial charge in [-0.3, -0.25) is 4.79 Å². The number of ether oxygens (including phenoxy) is 1. The van der Waals surface area contributed by atoms with Gasteiger partial charge in [0.25, 0.3) is 6.43 Å². The molecule has 0 spiro atoms. The number of amides is 1. The van der Waals surface area contributed by atoms with Crippen LogP contribution in [0.5, 0.6) is 5.75 Å². The summed E-state index contributed by atoms with van der Waals surface area (Å²) in [6.07, 6.45) is -1.58. The Labute approximate surface area is 180 Å². The summed E-state index contributed by atoms with van der Waals surface area (Å²) >= 11 is 6.36. The molecular weight excluding hydrogens is 414 g/mol. The quantitative estimate of drug-likeness (QED) is 0.749. The van der Waals surface area contributed by atoms with E-state index in [0.29, 0.717) is 36.3 Å². The summed E-state index contributed by atoms with van der Waals surface area (Å²) in [6, 6.07) is 5.13. The van der Waals surface area contributed by atoms with E-state index < -0.39 is 18.4 Å². The van der Waals surface area contributed by atoms with Crippen LogP contribution in [-0.4, -0.2) is 48.1 Å². The fraction of sp³-hybridized carbons (Fsp3) is 0.636. The molecule has 2 fully saturated rings. The van der Waals surface area contributed by atoms with Crippen molar-refractivity contribution >= 4 is 17.5 Å². The molecule has 0 unspecified atom stereocenters. The Morgan fingerprint density at radius 1 is 1.37 bits per heavy atom. The lowest BCUT2D eigenvalue weighted by molar-refractivity contribution is -0.141. The van der Waals surface area contributed by atoms with Gasteiger partial charge in [0.1, 0.15) is 11.9 Å². The molecule has 5 nitrogen and oxygen atoms in total. The minimum atomic E-state index is -2.75. The van der Waals surface area contributed by atoms with E-state index in [2.05, 4.69) is 6.07 Å². The first-order chi connectivity index (χ1) is 14.3. The van der Waals surface area contributed by atoms with E-state index >= 15 is 0 Å². The normalized spacial score (nSPS) is 27.3. The topological polar surface area (TPSA) is 73.6 Å². The number of alkyl halides is 2. The number of methoxy groups -OCH3 is 1. The molecule has 1 amide bonds. The van der Waals surface area contributed by atoms with E-state index in [4.69, 9.17) is 16.3 Å². The number of hydrogen-bond acceptors (Lipinski definition) is 4. The second-order valence-electron chi connectivity index (χ2n) is 8.26. The van der Waals surface area contributed by atoms with Crippen molar-refractivity contribution in [3.05, 3.63) is 28.3 Å². The molecule has 5 atom stereocenters. The van der Waals surface area contributed by atoms with E-state index in [0.717, 1.165) is 12.8 Å². The van der Waals surface area contributed by atoms with Gasteiger partial charge in [0, 0.05) is 18.2 Å². The van der Waals surface area contributed by atoms with Crippen LogP contribution < -0.4 is 4.74 Å². The van der Waals surface area contributed by atoms with E-state index in [1.54, 1.807) is 17.0 Å². The smallest absolute Gasteiger partial charge is 0.264 e. The zero-order chi connectivity index (χ0) is 22.0. The molecule has 30 heavy (non-hydrogen) atoms. The number of nitrogens with zero attached hydrogens (tertiary/aromatic N) is 2. The summed E-state index contributed by atoms with van der Waals surface area (Å²) in [7, 11) is 1.47. The average Bonchev–Trinajstić information content (AvgIpc) is 2.74. The van der Waals surface area contributed by atoms with E-state index in [1.807, 2.05) is 6.92 Å². The highest BCUT2D eigenvalue weighted by molar-refractivity contribution is 6.33. The molecule has 0 bridgehead atoms. The minimum Gasteiger partial charge on any atom is -0.495 e. The lowest BCUT2D eigenvalue weighted by atomic mass is 9.64. The number of halogens is 3. The number of nitriles is 1. The molecule has 1 saturated carbocycles. The average molecular weight is 441 g/mol. The minimum absolute atomic E-state index is 0.0168. The van der Waals surface area contributed by atoms with Crippen molar-refractivity contribution in [2.75, 3.05) is 13.7 Å². The predicted molar refractivity (Wildman–Crippen MR) is 109 cm³/mol. The Bertz CT molecular complexity index is 829. The van der Waals surface area contributed by atoms with Crippen molar-refractivity contribution in [2.45, 2.75) is 57.6 Å². The maximum absolute atomic E-state index is 13.1. The van der Waals surface area contributed by atoms with Crippen molar-refractivity contribution in [3.8, 4) is 11.8 Å². The van der Waals surface area contributed by atoms with Crippen molar-refractivity contribution in [2.24, 2.45) is 17.8 Å². The van der Waals surface area contributed by atoms with E-state index in [9.17, 15) is 23.9 Å². The molecule has 2 aliphatic rings. The van der Waals surface area contributed by atoms with Crippen molar-refractivity contribution in [3.63, 3.8) is 0 Å². The van der Waals surface area contributed by atoms with Gasteiger partial charge < -0.3 is 14.7 Å². The molecule has 1 heterocycles. The molecule has 8 heteroatoms. The van der Waals surface area contributed by atoms with Gasteiger partial charge >= 0.3 is 0 Å². The number of piperidine rings is 1. The molecule has 164 valence electrons. The van der Waals surface area contributed by atoms with Gasteiger partial charge in [-0.15, -0.1) is 0 Å². The summed E-state index contributed by atoms with van der Waals surface area (Å²) in [4.78, 5) is 14.9. The fourth-order valence-electron chi connectivity index (χ4n) is 5.34. The summed E-state index contributed by atoms with van der Waals surface area (Å²) in [5.74, 6) is -0.116. The number of fused-ring (bicyclic) bond motifs is 1. The summed E-state index contributed by atoms with van der Waals surface area (Å²) in [6.45, 7) is 2.39. The molecule has 3 rings (SSSR count). The van der Waals surface area contributed by atoms with Crippen LogP contribution in [0.25, 0.3) is 0 Å². The number of hydrogen-bond donors (Lipinski definition) is 1.